The van der Waals surface area contributed by atoms with Crippen LogP contribution in [0.1, 0.15) is 5.56 Å². The zero-order chi connectivity index (χ0) is 17.1. The van der Waals surface area contributed by atoms with Gasteiger partial charge in [-0.2, -0.15) is 0 Å². The molecule has 0 radical (unpaired) electrons. The van der Waals surface area contributed by atoms with Crippen molar-refractivity contribution in [2.45, 2.75) is 6.61 Å². The first-order valence-electron chi connectivity index (χ1n) is 8.26. The van der Waals surface area contributed by atoms with Gasteiger partial charge in [-0.3, -0.25) is 0 Å². The Bertz CT molecular complexity index is 994. The number of benzene rings is 4. The Morgan fingerprint density at radius 3 is 2.00 bits per heavy atom. The summed E-state index contributed by atoms with van der Waals surface area (Å²) in [6.45, 7) is 0.575. The third-order valence-corrected chi connectivity index (χ3v) is 5.11. The fourth-order valence-electron chi connectivity index (χ4n) is 3.06. The van der Waals surface area contributed by atoms with E-state index in [2.05, 4.69) is 95.4 Å². The maximum absolute atomic E-state index is 6.17. The fraction of sp³-hybridized carbons (Fsp3) is 0.0435. The van der Waals surface area contributed by atoms with Gasteiger partial charge in [-0.25, -0.2) is 0 Å². The SMILES string of the molecule is Ic1cc(OCc2ccccc2)c2ccccc2c1-c1ccccc1. The van der Waals surface area contributed by atoms with Gasteiger partial charge in [0, 0.05) is 14.5 Å². The molecule has 4 rings (SSSR count). The van der Waals surface area contributed by atoms with E-state index in [1.165, 1.54) is 25.6 Å². The second-order valence-corrected chi connectivity index (χ2v) is 7.08. The van der Waals surface area contributed by atoms with Crippen LogP contribution in [0, 0.1) is 3.57 Å². The van der Waals surface area contributed by atoms with Gasteiger partial charge in [0.2, 0.25) is 0 Å². The normalized spacial score (nSPS) is 10.8. The third kappa shape index (κ3) is 3.40. The Morgan fingerprint density at radius 1 is 0.680 bits per heavy atom. The van der Waals surface area contributed by atoms with Gasteiger partial charge in [-0.05, 0) is 45.2 Å². The molecule has 0 spiro atoms. The van der Waals surface area contributed by atoms with E-state index in [0.29, 0.717) is 6.61 Å². The van der Waals surface area contributed by atoms with Crippen molar-refractivity contribution in [1.29, 1.82) is 0 Å². The molecule has 0 bridgehead atoms. The summed E-state index contributed by atoms with van der Waals surface area (Å²) < 4.78 is 7.37. The molecule has 0 heterocycles. The molecule has 122 valence electrons. The highest BCUT2D eigenvalue weighted by Crippen LogP contribution is 2.38. The zero-order valence-corrected chi connectivity index (χ0v) is 15.8. The minimum Gasteiger partial charge on any atom is -0.488 e. The van der Waals surface area contributed by atoms with E-state index in [-0.39, 0.29) is 0 Å². The summed E-state index contributed by atoms with van der Waals surface area (Å²) in [5.74, 6) is 0.934. The standard InChI is InChI=1S/C23H17IO/c24-21-15-22(25-16-17-9-3-1-4-10-17)19-13-7-8-14-20(19)23(21)18-11-5-2-6-12-18/h1-15H,16H2. The van der Waals surface area contributed by atoms with Crippen LogP contribution in [0.25, 0.3) is 21.9 Å². The average Bonchev–Trinajstić information content (AvgIpc) is 2.67. The summed E-state index contributed by atoms with van der Waals surface area (Å²) in [5, 5.41) is 2.38. The molecule has 4 aromatic carbocycles. The van der Waals surface area contributed by atoms with Crippen LogP contribution < -0.4 is 4.74 Å². The molecule has 0 aliphatic heterocycles. The lowest BCUT2D eigenvalue weighted by atomic mass is 9.98. The van der Waals surface area contributed by atoms with E-state index in [1.807, 2.05) is 18.2 Å². The van der Waals surface area contributed by atoms with Crippen LogP contribution >= 0.6 is 22.6 Å². The van der Waals surface area contributed by atoms with Crippen molar-refractivity contribution in [3.63, 3.8) is 0 Å². The Morgan fingerprint density at radius 2 is 1.28 bits per heavy atom. The number of hydrogen-bond acceptors (Lipinski definition) is 1. The van der Waals surface area contributed by atoms with Gasteiger partial charge in [0.25, 0.3) is 0 Å². The van der Waals surface area contributed by atoms with Crippen molar-refractivity contribution < 1.29 is 4.74 Å². The van der Waals surface area contributed by atoms with Crippen molar-refractivity contribution in [2.75, 3.05) is 0 Å². The lowest BCUT2D eigenvalue weighted by Gasteiger charge is -2.15. The minimum absolute atomic E-state index is 0.575. The van der Waals surface area contributed by atoms with Crippen LogP contribution in [-0.2, 0) is 6.61 Å². The van der Waals surface area contributed by atoms with Crippen LogP contribution in [0.2, 0.25) is 0 Å². The Kier molecular flexibility index (Phi) is 4.70. The Labute approximate surface area is 161 Å². The molecular weight excluding hydrogens is 419 g/mol. The molecule has 0 aromatic heterocycles. The molecule has 1 nitrogen and oxygen atoms in total. The number of hydrogen-bond donors (Lipinski definition) is 0. The number of rotatable bonds is 4. The van der Waals surface area contributed by atoms with Crippen LogP contribution in [-0.4, -0.2) is 0 Å². The van der Waals surface area contributed by atoms with Crippen molar-refractivity contribution in [3.05, 3.63) is 100 Å². The van der Waals surface area contributed by atoms with E-state index in [0.717, 1.165) is 11.1 Å². The van der Waals surface area contributed by atoms with Crippen LogP contribution in [0.3, 0.4) is 0 Å². The molecule has 25 heavy (non-hydrogen) atoms. The summed E-state index contributed by atoms with van der Waals surface area (Å²) >= 11 is 2.41. The monoisotopic (exact) mass is 436 g/mol. The van der Waals surface area contributed by atoms with E-state index < -0.39 is 0 Å². The molecule has 0 amide bonds. The second kappa shape index (κ2) is 7.28. The molecule has 4 aromatic rings. The van der Waals surface area contributed by atoms with E-state index in [4.69, 9.17) is 4.74 Å². The quantitative estimate of drug-likeness (QED) is 0.324. The summed E-state index contributed by atoms with van der Waals surface area (Å²) in [7, 11) is 0. The zero-order valence-electron chi connectivity index (χ0n) is 13.7. The van der Waals surface area contributed by atoms with Gasteiger partial charge in [0.05, 0.1) is 0 Å². The highest BCUT2D eigenvalue weighted by atomic mass is 127. The summed E-state index contributed by atoms with van der Waals surface area (Å²) in [6, 6.07) is 31.4. The van der Waals surface area contributed by atoms with Crippen molar-refractivity contribution in [2.24, 2.45) is 0 Å². The van der Waals surface area contributed by atoms with Crippen molar-refractivity contribution >= 4 is 33.4 Å². The molecule has 0 saturated carbocycles. The summed E-state index contributed by atoms with van der Waals surface area (Å²) in [4.78, 5) is 0. The number of fused-ring (bicyclic) bond motifs is 1. The molecular formula is C23H17IO. The second-order valence-electron chi connectivity index (χ2n) is 5.92. The predicted molar refractivity (Wildman–Crippen MR) is 113 cm³/mol. The molecule has 0 unspecified atom stereocenters. The summed E-state index contributed by atoms with van der Waals surface area (Å²) in [5.41, 5.74) is 3.68. The number of halogens is 1. The van der Waals surface area contributed by atoms with Gasteiger partial charge in [0.15, 0.2) is 0 Å². The highest BCUT2D eigenvalue weighted by Gasteiger charge is 2.13. The first kappa shape index (κ1) is 16.2. The lowest BCUT2D eigenvalue weighted by Crippen LogP contribution is -1.97. The Hall–Kier alpha value is -2.33. The van der Waals surface area contributed by atoms with Gasteiger partial charge < -0.3 is 4.74 Å². The maximum atomic E-state index is 6.17. The first-order chi connectivity index (χ1) is 12.3. The van der Waals surface area contributed by atoms with Gasteiger partial charge in [-0.1, -0.05) is 84.9 Å². The predicted octanol–water partition coefficient (Wildman–Crippen LogP) is 6.69. The topological polar surface area (TPSA) is 9.23 Å². The molecule has 0 saturated heterocycles. The van der Waals surface area contributed by atoms with Crippen LogP contribution in [0.15, 0.2) is 91.0 Å². The van der Waals surface area contributed by atoms with Crippen LogP contribution in [0.5, 0.6) is 5.75 Å². The molecule has 0 N–H and O–H groups in total. The molecule has 2 heteroatoms. The van der Waals surface area contributed by atoms with E-state index >= 15 is 0 Å². The summed E-state index contributed by atoms with van der Waals surface area (Å²) in [6.07, 6.45) is 0. The van der Waals surface area contributed by atoms with E-state index in [9.17, 15) is 0 Å². The van der Waals surface area contributed by atoms with Gasteiger partial charge in [-0.15, -0.1) is 0 Å². The smallest absolute Gasteiger partial charge is 0.128 e. The average molecular weight is 436 g/mol. The minimum atomic E-state index is 0.575. The molecule has 0 aliphatic rings. The van der Waals surface area contributed by atoms with Gasteiger partial charge in [0.1, 0.15) is 12.4 Å². The third-order valence-electron chi connectivity index (χ3n) is 4.26. The molecule has 0 aliphatic carbocycles. The first-order valence-corrected chi connectivity index (χ1v) is 9.34. The van der Waals surface area contributed by atoms with E-state index in [1.54, 1.807) is 0 Å². The molecule has 0 fully saturated rings. The molecule has 0 atom stereocenters. The maximum Gasteiger partial charge on any atom is 0.128 e. The highest BCUT2D eigenvalue weighted by molar-refractivity contribution is 14.1. The number of ether oxygens (including phenoxy) is 1. The van der Waals surface area contributed by atoms with Crippen molar-refractivity contribution in [1.82, 2.24) is 0 Å². The largest absolute Gasteiger partial charge is 0.488 e. The van der Waals surface area contributed by atoms with Gasteiger partial charge >= 0.3 is 0 Å². The lowest BCUT2D eigenvalue weighted by molar-refractivity contribution is 0.310. The Balaban J connectivity index is 1.79. The van der Waals surface area contributed by atoms with Crippen LogP contribution in [0.4, 0.5) is 0 Å². The van der Waals surface area contributed by atoms with Crippen molar-refractivity contribution in [3.8, 4) is 16.9 Å². The fourth-order valence-corrected chi connectivity index (χ4v) is 3.95.